The van der Waals surface area contributed by atoms with Gasteiger partial charge >= 0.3 is 0 Å². The van der Waals surface area contributed by atoms with Crippen molar-refractivity contribution in [2.45, 2.75) is 5.41 Å². The van der Waals surface area contributed by atoms with E-state index in [9.17, 15) is 0 Å². The van der Waals surface area contributed by atoms with Crippen molar-refractivity contribution in [3.63, 3.8) is 0 Å². The van der Waals surface area contributed by atoms with Gasteiger partial charge in [0.15, 0.2) is 0 Å². The molecule has 0 fully saturated rings. The number of hydrogen-bond donors (Lipinski definition) is 0. The molecule has 0 amide bonds. The van der Waals surface area contributed by atoms with Crippen LogP contribution in [0.2, 0.25) is 0 Å². The molecule has 0 saturated heterocycles. The van der Waals surface area contributed by atoms with Gasteiger partial charge in [0.1, 0.15) is 11.2 Å². The van der Waals surface area contributed by atoms with Crippen LogP contribution in [0.5, 0.6) is 0 Å². The van der Waals surface area contributed by atoms with E-state index in [2.05, 4.69) is 277 Å². The van der Waals surface area contributed by atoms with Crippen LogP contribution in [0.3, 0.4) is 0 Å². The van der Waals surface area contributed by atoms with Gasteiger partial charge in [0, 0.05) is 33.7 Å². The Hall–Kier alpha value is -9.44. The van der Waals surface area contributed by atoms with Gasteiger partial charge in [0.05, 0.1) is 22.2 Å². The maximum atomic E-state index is 6.66. The van der Waals surface area contributed by atoms with Crippen LogP contribution < -0.4 is 9.80 Å². The Morgan fingerprint density at radius 3 is 1.50 bits per heavy atom. The molecular formula is C69H44N2O. The first-order valence-electron chi connectivity index (χ1n) is 24.8. The minimum Gasteiger partial charge on any atom is -0.456 e. The van der Waals surface area contributed by atoms with Gasteiger partial charge in [-0.2, -0.15) is 0 Å². The van der Waals surface area contributed by atoms with E-state index in [0.717, 1.165) is 67.2 Å². The van der Waals surface area contributed by atoms with Crippen LogP contribution in [0.1, 0.15) is 22.3 Å². The fourth-order valence-electron chi connectivity index (χ4n) is 12.3. The van der Waals surface area contributed by atoms with E-state index in [-0.39, 0.29) is 0 Å². The van der Waals surface area contributed by atoms with Gasteiger partial charge in [-0.3, -0.25) is 0 Å². The van der Waals surface area contributed by atoms with E-state index >= 15 is 0 Å². The molecule has 0 bridgehead atoms. The minimum atomic E-state index is -0.638. The van der Waals surface area contributed by atoms with Gasteiger partial charge in [-0.15, -0.1) is 0 Å². The standard InChI is InChI=1S/C69H44N2O/c1-3-19-46(20-4-1)59-41-48-22-9-10-23-49(48)42-65(59)71(64-31-17-33-67-68(64)58-28-13-16-32-66(58)72-67)53-37-39-57-55-27-12-15-30-61(55)69(63(57)44-53)60-29-14-11-26-54(60)56-38-36-52(43-62(56)69)70(50-24-5-2-6-25-50)51-35-34-45-18-7-8-21-47(45)40-51/h1-44H. The van der Waals surface area contributed by atoms with Crippen LogP contribution in [0, 0.1) is 0 Å². The van der Waals surface area contributed by atoms with Gasteiger partial charge in [-0.1, -0.05) is 188 Å². The normalized spacial score (nSPS) is 14.2. The molecule has 0 radical (unpaired) electrons. The first-order valence-corrected chi connectivity index (χ1v) is 24.8. The number of nitrogens with zero attached hydrogens (tertiary/aromatic N) is 2. The van der Waals surface area contributed by atoms with Crippen molar-refractivity contribution in [1.82, 2.24) is 0 Å². The summed E-state index contributed by atoms with van der Waals surface area (Å²) < 4.78 is 6.66. The van der Waals surface area contributed by atoms with E-state index in [1.54, 1.807) is 0 Å². The number of benzene rings is 12. The van der Waals surface area contributed by atoms with Crippen molar-refractivity contribution in [3.8, 4) is 33.4 Å². The molecule has 0 saturated carbocycles. The van der Waals surface area contributed by atoms with Crippen LogP contribution in [-0.2, 0) is 5.41 Å². The fourth-order valence-corrected chi connectivity index (χ4v) is 12.3. The maximum absolute atomic E-state index is 6.66. The molecule has 1 unspecified atom stereocenters. The Morgan fingerprint density at radius 2 is 0.792 bits per heavy atom. The lowest BCUT2D eigenvalue weighted by Gasteiger charge is -2.34. The zero-order valence-electron chi connectivity index (χ0n) is 39.2. The highest BCUT2D eigenvalue weighted by molar-refractivity contribution is 6.14. The summed E-state index contributed by atoms with van der Waals surface area (Å²) in [6.45, 7) is 0. The quantitative estimate of drug-likeness (QED) is 0.159. The van der Waals surface area contributed by atoms with Gasteiger partial charge in [-0.25, -0.2) is 0 Å². The lowest BCUT2D eigenvalue weighted by Crippen LogP contribution is -2.26. The van der Waals surface area contributed by atoms with E-state index < -0.39 is 5.41 Å². The second-order valence-corrected chi connectivity index (χ2v) is 19.2. The number of furan rings is 1. The highest BCUT2D eigenvalue weighted by Gasteiger charge is 2.52. The summed E-state index contributed by atoms with van der Waals surface area (Å²) in [7, 11) is 0. The van der Waals surface area contributed by atoms with Crippen molar-refractivity contribution in [1.29, 1.82) is 0 Å². The Morgan fingerprint density at radius 1 is 0.278 bits per heavy atom. The Bertz CT molecular complexity index is 4290. The lowest BCUT2D eigenvalue weighted by atomic mass is 9.70. The average Bonchev–Trinajstić information content (AvgIpc) is 4.08. The van der Waals surface area contributed by atoms with E-state index in [1.807, 2.05) is 0 Å². The predicted octanol–water partition coefficient (Wildman–Crippen LogP) is 18.8. The summed E-state index contributed by atoms with van der Waals surface area (Å²) in [6, 6.07) is 98.2. The van der Waals surface area contributed by atoms with Crippen molar-refractivity contribution in [2.75, 3.05) is 9.80 Å². The molecular weight excluding hydrogens is 873 g/mol. The van der Waals surface area contributed by atoms with Crippen molar-refractivity contribution >= 4 is 77.6 Å². The molecule has 12 aromatic carbocycles. The Balaban J connectivity index is 1.02. The lowest BCUT2D eigenvalue weighted by molar-refractivity contribution is 0.669. The van der Waals surface area contributed by atoms with Crippen LogP contribution in [0.25, 0.3) is 76.9 Å². The van der Waals surface area contributed by atoms with E-state index in [4.69, 9.17) is 4.42 Å². The molecule has 1 spiro atoms. The molecule has 336 valence electrons. The summed E-state index contributed by atoms with van der Waals surface area (Å²) in [5.74, 6) is 0. The molecule has 15 rings (SSSR count). The molecule has 0 aliphatic heterocycles. The predicted molar refractivity (Wildman–Crippen MR) is 300 cm³/mol. The molecule has 1 atom stereocenters. The minimum absolute atomic E-state index is 0.638. The molecule has 3 nitrogen and oxygen atoms in total. The summed E-state index contributed by atoms with van der Waals surface area (Å²) in [6.07, 6.45) is 0. The molecule has 1 heterocycles. The molecule has 1 aromatic heterocycles. The van der Waals surface area contributed by atoms with Crippen molar-refractivity contribution < 1.29 is 4.42 Å². The first kappa shape index (κ1) is 40.4. The highest BCUT2D eigenvalue weighted by Crippen LogP contribution is 2.64. The average molecular weight is 917 g/mol. The monoisotopic (exact) mass is 916 g/mol. The summed E-state index contributed by atoms with van der Waals surface area (Å²) in [5, 5.41) is 6.96. The summed E-state index contributed by atoms with van der Waals surface area (Å²) in [5.41, 5.74) is 20.0. The zero-order chi connectivity index (χ0) is 47.3. The SMILES string of the molecule is c1ccc(-c2cc3ccccc3cc2N(c2ccc3c(c2)C2(c4ccccc4-c4ccc(N(c5ccccc5)c5ccc6ccccc6c5)cc42)c2ccccc2-3)c2cccc3oc4ccccc4c23)cc1. The summed E-state index contributed by atoms with van der Waals surface area (Å²) >= 11 is 0. The van der Waals surface area contributed by atoms with Crippen LogP contribution >= 0.6 is 0 Å². The smallest absolute Gasteiger partial charge is 0.137 e. The molecule has 2 aliphatic carbocycles. The van der Waals surface area contributed by atoms with Crippen molar-refractivity contribution in [2.24, 2.45) is 0 Å². The maximum Gasteiger partial charge on any atom is 0.137 e. The molecule has 3 heteroatoms. The molecule has 13 aromatic rings. The highest BCUT2D eigenvalue weighted by atomic mass is 16.3. The van der Waals surface area contributed by atoms with Crippen LogP contribution in [-0.4, -0.2) is 0 Å². The second-order valence-electron chi connectivity index (χ2n) is 19.2. The van der Waals surface area contributed by atoms with Gasteiger partial charge in [-0.05, 0) is 150 Å². The Kier molecular flexibility index (Phi) is 8.87. The number of rotatable bonds is 7. The third-order valence-electron chi connectivity index (χ3n) is 15.4. The van der Waals surface area contributed by atoms with E-state index in [1.165, 1.54) is 66.1 Å². The summed E-state index contributed by atoms with van der Waals surface area (Å²) in [4.78, 5) is 4.93. The number of anilines is 6. The first-order chi connectivity index (χ1) is 35.7. The van der Waals surface area contributed by atoms with Gasteiger partial charge in [0.25, 0.3) is 0 Å². The van der Waals surface area contributed by atoms with Crippen LogP contribution in [0.4, 0.5) is 34.1 Å². The third-order valence-corrected chi connectivity index (χ3v) is 15.4. The van der Waals surface area contributed by atoms with Crippen LogP contribution in [0.15, 0.2) is 271 Å². The van der Waals surface area contributed by atoms with Gasteiger partial charge < -0.3 is 14.2 Å². The zero-order valence-corrected chi connectivity index (χ0v) is 39.2. The Labute approximate surface area is 417 Å². The van der Waals surface area contributed by atoms with Gasteiger partial charge in [0.2, 0.25) is 0 Å². The third kappa shape index (κ3) is 5.92. The largest absolute Gasteiger partial charge is 0.456 e. The second kappa shape index (κ2) is 15.8. The van der Waals surface area contributed by atoms with E-state index in [0.29, 0.717) is 0 Å². The molecule has 2 aliphatic rings. The number of para-hydroxylation sites is 2. The number of hydrogen-bond acceptors (Lipinski definition) is 3. The van der Waals surface area contributed by atoms with Crippen molar-refractivity contribution in [3.05, 3.63) is 289 Å². The molecule has 72 heavy (non-hydrogen) atoms. The number of fused-ring (bicyclic) bond motifs is 15. The molecule has 0 N–H and O–H groups in total. The topological polar surface area (TPSA) is 19.6 Å². The fraction of sp³-hybridized carbons (Fsp3) is 0.0145.